The molecule has 3 rings (SSSR count). The summed E-state index contributed by atoms with van der Waals surface area (Å²) in [6.45, 7) is 17.0. The molecular formula is C21H34O4. The maximum absolute atomic E-state index is 13.4. The first kappa shape index (κ1) is 18.7. The molecule has 4 nitrogen and oxygen atoms in total. The molecule has 2 bridgehead atoms. The Morgan fingerprint density at radius 3 is 2.28 bits per heavy atom. The van der Waals surface area contributed by atoms with Crippen molar-refractivity contribution in [1.82, 2.24) is 0 Å². The first-order valence-corrected chi connectivity index (χ1v) is 9.60. The fraction of sp³-hybridized carbons (Fsp3) is 0.905. The molecular weight excluding hydrogens is 316 g/mol. The van der Waals surface area contributed by atoms with E-state index in [4.69, 9.17) is 9.47 Å². The molecule has 0 spiro atoms. The second kappa shape index (κ2) is 5.23. The highest BCUT2D eigenvalue weighted by atomic mass is 16.6. The van der Waals surface area contributed by atoms with Crippen molar-refractivity contribution >= 4 is 11.9 Å². The summed E-state index contributed by atoms with van der Waals surface area (Å²) in [6, 6.07) is 0. The quantitative estimate of drug-likeness (QED) is 0.710. The van der Waals surface area contributed by atoms with E-state index in [9.17, 15) is 9.59 Å². The van der Waals surface area contributed by atoms with Crippen molar-refractivity contribution in [2.75, 3.05) is 0 Å². The molecule has 0 aromatic heterocycles. The summed E-state index contributed by atoms with van der Waals surface area (Å²) < 4.78 is 11.7. The Morgan fingerprint density at radius 2 is 1.76 bits per heavy atom. The van der Waals surface area contributed by atoms with E-state index in [1.54, 1.807) is 0 Å². The molecule has 2 aliphatic carbocycles. The lowest BCUT2D eigenvalue weighted by Gasteiger charge is -2.45. The zero-order valence-corrected chi connectivity index (χ0v) is 17.1. The Hall–Kier alpha value is -1.06. The van der Waals surface area contributed by atoms with Gasteiger partial charge in [0, 0.05) is 11.3 Å². The second-order valence-electron chi connectivity index (χ2n) is 11.4. The van der Waals surface area contributed by atoms with E-state index in [2.05, 4.69) is 48.5 Å². The highest BCUT2D eigenvalue weighted by Gasteiger charge is 2.69. The molecule has 1 saturated heterocycles. The molecule has 1 heterocycles. The molecule has 6 unspecified atom stereocenters. The molecule has 6 atom stereocenters. The lowest BCUT2D eigenvalue weighted by Crippen LogP contribution is -2.49. The van der Waals surface area contributed by atoms with E-state index in [-0.39, 0.29) is 52.2 Å². The van der Waals surface area contributed by atoms with Gasteiger partial charge in [-0.05, 0) is 37.0 Å². The third-order valence-electron chi connectivity index (χ3n) is 7.09. The van der Waals surface area contributed by atoms with Crippen molar-refractivity contribution in [3.05, 3.63) is 0 Å². The van der Waals surface area contributed by atoms with Crippen LogP contribution in [0.15, 0.2) is 0 Å². The molecule has 3 aliphatic rings. The normalized spacial score (nSPS) is 39.3. The van der Waals surface area contributed by atoms with Crippen molar-refractivity contribution in [1.29, 1.82) is 0 Å². The molecule has 0 amide bonds. The summed E-state index contributed by atoms with van der Waals surface area (Å²) in [4.78, 5) is 25.4. The van der Waals surface area contributed by atoms with E-state index in [1.165, 1.54) is 0 Å². The summed E-state index contributed by atoms with van der Waals surface area (Å²) in [5.74, 6) is 0.0195. The van der Waals surface area contributed by atoms with Gasteiger partial charge >= 0.3 is 11.9 Å². The van der Waals surface area contributed by atoms with Gasteiger partial charge in [-0.15, -0.1) is 0 Å². The Balaban J connectivity index is 1.84. The van der Waals surface area contributed by atoms with Gasteiger partial charge in [0.05, 0.1) is 11.3 Å². The Labute approximate surface area is 152 Å². The van der Waals surface area contributed by atoms with Gasteiger partial charge < -0.3 is 9.47 Å². The average Bonchev–Trinajstić information content (AvgIpc) is 2.95. The third-order valence-corrected chi connectivity index (χ3v) is 7.09. The van der Waals surface area contributed by atoms with Gasteiger partial charge in [0.25, 0.3) is 0 Å². The Morgan fingerprint density at radius 1 is 1.16 bits per heavy atom. The molecule has 0 aromatic carbocycles. The SMILES string of the molecule is CC(C)(C)CC(C)(C(=O)OC1C2OC(=O)C3CC1(C)CC32)C(C)(C)C. The summed E-state index contributed by atoms with van der Waals surface area (Å²) in [7, 11) is 0. The average molecular weight is 350 g/mol. The van der Waals surface area contributed by atoms with Crippen LogP contribution in [0.5, 0.6) is 0 Å². The molecule has 4 heteroatoms. The molecule has 1 aliphatic heterocycles. The lowest BCUT2D eigenvalue weighted by atomic mass is 9.61. The second-order valence-corrected chi connectivity index (χ2v) is 11.4. The van der Waals surface area contributed by atoms with E-state index in [0.717, 1.165) is 19.3 Å². The molecule has 0 N–H and O–H groups in total. The number of fused-ring (bicyclic) bond motifs is 1. The summed E-state index contributed by atoms with van der Waals surface area (Å²) >= 11 is 0. The van der Waals surface area contributed by atoms with Crippen LogP contribution < -0.4 is 0 Å². The maximum atomic E-state index is 13.4. The molecule has 0 radical (unpaired) electrons. The molecule has 3 fully saturated rings. The number of carbonyl (C=O) groups is 2. The van der Waals surface area contributed by atoms with Gasteiger partial charge in [-0.25, -0.2) is 0 Å². The van der Waals surface area contributed by atoms with Gasteiger partial charge in [0.15, 0.2) is 0 Å². The van der Waals surface area contributed by atoms with Gasteiger partial charge in [-0.1, -0.05) is 48.5 Å². The first-order chi connectivity index (χ1) is 11.2. The molecule has 25 heavy (non-hydrogen) atoms. The third kappa shape index (κ3) is 2.80. The van der Waals surface area contributed by atoms with Crippen LogP contribution in [0.4, 0.5) is 0 Å². The van der Waals surface area contributed by atoms with Crippen LogP contribution in [0.2, 0.25) is 0 Å². The van der Waals surface area contributed by atoms with Crippen molar-refractivity contribution in [2.24, 2.45) is 33.5 Å². The van der Waals surface area contributed by atoms with Gasteiger partial charge in [-0.3, -0.25) is 9.59 Å². The number of carbonyl (C=O) groups excluding carboxylic acids is 2. The van der Waals surface area contributed by atoms with Gasteiger partial charge in [-0.2, -0.15) is 0 Å². The van der Waals surface area contributed by atoms with Crippen LogP contribution in [0, 0.1) is 33.5 Å². The summed E-state index contributed by atoms with van der Waals surface area (Å²) in [5, 5.41) is 0. The van der Waals surface area contributed by atoms with Crippen molar-refractivity contribution in [3.63, 3.8) is 0 Å². The smallest absolute Gasteiger partial charge is 0.312 e. The zero-order chi connectivity index (χ0) is 19.0. The predicted molar refractivity (Wildman–Crippen MR) is 95.7 cm³/mol. The van der Waals surface area contributed by atoms with Crippen LogP contribution in [-0.4, -0.2) is 24.1 Å². The number of hydrogen-bond donors (Lipinski definition) is 0. The number of rotatable bonds is 3. The number of ether oxygens (including phenoxy) is 2. The Bertz CT molecular complexity index is 596. The van der Waals surface area contributed by atoms with Crippen molar-refractivity contribution in [2.45, 2.75) is 86.9 Å². The van der Waals surface area contributed by atoms with E-state index >= 15 is 0 Å². The minimum atomic E-state index is -0.592. The zero-order valence-electron chi connectivity index (χ0n) is 17.1. The standard InChI is InChI=1S/C21H34O4/c1-18(2,3)11-21(8,19(4,5)6)17(23)25-15-14-12-9-20(15,7)10-13(12)16(22)24-14/h12-15H,9-11H2,1-8H3. The number of hydrogen-bond acceptors (Lipinski definition) is 4. The molecule has 2 saturated carbocycles. The van der Waals surface area contributed by atoms with Crippen LogP contribution >= 0.6 is 0 Å². The van der Waals surface area contributed by atoms with Crippen molar-refractivity contribution < 1.29 is 19.1 Å². The van der Waals surface area contributed by atoms with Crippen LogP contribution in [-0.2, 0) is 19.1 Å². The van der Waals surface area contributed by atoms with Crippen LogP contribution in [0.3, 0.4) is 0 Å². The summed E-state index contributed by atoms with van der Waals surface area (Å²) in [5.41, 5.74) is -0.914. The van der Waals surface area contributed by atoms with E-state index < -0.39 is 5.41 Å². The van der Waals surface area contributed by atoms with Crippen molar-refractivity contribution in [3.8, 4) is 0 Å². The predicted octanol–water partition coefficient (Wildman–Crippen LogP) is 4.36. The maximum Gasteiger partial charge on any atom is 0.312 e. The lowest BCUT2D eigenvalue weighted by molar-refractivity contribution is -0.184. The number of esters is 2. The van der Waals surface area contributed by atoms with Crippen LogP contribution in [0.1, 0.15) is 74.7 Å². The topological polar surface area (TPSA) is 52.6 Å². The molecule has 0 aromatic rings. The van der Waals surface area contributed by atoms with Gasteiger partial charge in [0.2, 0.25) is 0 Å². The highest BCUT2D eigenvalue weighted by Crippen LogP contribution is 2.62. The minimum Gasteiger partial charge on any atom is -0.458 e. The first-order valence-electron chi connectivity index (χ1n) is 9.60. The Kier molecular flexibility index (Phi) is 3.92. The fourth-order valence-electron chi connectivity index (χ4n) is 5.40. The van der Waals surface area contributed by atoms with E-state index in [1.807, 2.05) is 6.92 Å². The largest absolute Gasteiger partial charge is 0.458 e. The summed E-state index contributed by atoms with van der Waals surface area (Å²) in [6.07, 6.45) is 1.93. The van der Waals surface area contributed by atoms with Gasteiger partial charge in [0.1, 0.15) is 12.2 Å². The molecule has 142 valence electrons. The monoisotopic (exact) mass is 350 g/mol. The van der Waals surface area contributed by atoms with E-state index in [0.29, 0.717) is 0 Å². The highest BCUT2D eigenvalue weighted by molar-refractivity contribution is 5.79. The minimum absolute atomic E-state index is 0.0184. The fourth-order valence-corrected chi connectivity index (χ4v) is 5.40. The van der Waals surface area contributed by atoms with Crippen LogP contribution in [0.25, 0.3) is 0 Å².